The van der Waals surface area contributed by atoms with Crippen LogP contribution in [0.1, 0.15) is 5.56 Å². The summed E-state index contributed by atoms with van der Waals surface area (Å²) in [5.41, 5.74) is 2.32. The maximum absolute atomic E-state index is 14.2. The molecular weight excluding hydrogens is 390 g/mol. The van der Waals surface area contributed by atoms with Crippen molar-refractivity contribution in [2.24, 2.45) is 10.7 Å². The van der Waals surface area contributed by atoms with Crippen LogP contribution in [0.5, 0.6) is 0 Å². The zero-order chi connectivity index (χ0) is 21.4. The molecule has 0 bridgehead atoms. The number of amides is 1. The van der Waals surface area contributed by atoms with Crippen molar-refractivity contribution >= 4 is 17.4 Å². The Morgan fingerprint density at radius 2 is 1.79 bits per heavy atom. The standard InChI is InChI=1S/C18H16F2N4O5/c19-12-4-2-1-3-11(12)16(17(26,27)18(16,28)29)15(25)24-14(21)6-8-22-10-5-7-23-13(20)9-10/h1-9,26-29H,(H,22,23)(H2,21,24,25)/b8-6-. The van der Waals surface area contributed by atoms with E-state index in [2.05, 4.69) is 15.3 Å². The fraction of sp³-hybridized carbons (Fsp3) is 0.167. The van der Waals surface area contributed by atoms with E-state index in [-0.39, 0.29) is 0 Å². The number of benzene rings is 1. The van der Waals surface area contributed by atoms with E-state index in [4.69, 9.17) is 5.73 Å². The number of carbonyl (C=O) groups is 1. The van der Waals surface area contributed by atoms with Gasteiger partial charge in [0.05, 0.1) is 0 Å². The van der Waals surface area contributed by atoms with Gasteiger partial charge in [-0.1, -0.05) is 18.2 Å². The highest BCUT2D eigenvalue weighted by Crippen LogP contribution is 2.64. The van der Waals surface area contributed by atoms with Crippen LogP contribution in [0.3, 0.4) is 0 Å². The third-order valence-electron chi connectivity index (χ3n) is 4.53. The van der Waals surface area contributed by atoms with Gasteiger partial charge in [0.15, 0.2) is 5.41 Å². The van der Waals surface area contributed by atoms with Crippen molar-refractivity contribution in [1.82, 2.24) is 4.98 Å². The minimum Gasteiger partial charge on any atom is -0.384 e. The van der Waals surface area contributed by atoms with Gasteiger partial charge in [0.1, 0.15) is 11.7 Å². The van der Waals surface area contributed by atoms with Crippen LogP contribution in [-0.2, 0) is 10.2 Å². The predicted octanol–water partition coefficient (Wildman–Crippen LogP) is -0.517. The van der Waals surface area contributed by atoms with Crippen molar-refractivity contribution in [3.8, 4) is 0 Å². The van der Waals surface area contributed by atoms with Crippen LogP contribution < -0.4 is 11.1 Å². The Morgan fingerprint density at radius 3 is 2.38 bits per heavy atom. The van der Waals surface area contributed by atoms with Crippen molar-refractivity contribution in [2.75, 3.05) is 5.32 Å². The number of pyridine rings is 1. The Balaban J connectivity index is 1.88. The molecule has 0 unspecified atom stereocenters. The topological polar surface area (TPSA) is 161 Å². The zero-order valence-corrected chi connectivity index (χ0v) is 14.6. The lowest BCUT2D eigenvalue weighted by Gasteiger charge is -2.15. The molecule has 0 aliphatic heterocycles. The van der Waals surface area contributed by atoms with Crippen molar-refractivity contribution in [3.05, 3.63) is 72.2 Å². The highest BCUT2D eigenvalue weighted by atomic mass is 19.1. The first-order chi connectivity index (χ1) is 13.6. The minimum atomic E-state index is -3.40. The van der Waals surface area contributed by atoms with E-state index >= 15 is 0 Å². The maximum Gasteiger partial charge on any atom is 0.269 e. The summed E-state index contributed by atoms with van der Waals surface area (Å²) >= 11 is 0. The van der Waals surface area contributed by atoms with Gasteiger partial charge in [-0.15, -0.1) is 0 Å². The van der Waals surface area contributed by atoms with Gasteiger partial charge < -0.3 is 31.5 Å². The monoisotopic (exact) mass is 406 g/mol. The van der Waals surface area contributed by atoms with Gasteiger partial charge in [-0.3, -0.25) is 4.79 Å². The SMILES string of the molecule is NC(/C=C\Nc1ccnc(F)c1)=NC(=O)C1(c2ccccc2F)C(O)(O)C1(O)O. The lowest BCUT2D eigenvalue weighted by Crippen LogP contribution is -2.34. The summed E-state index contributed by atoms with van der Waals surface area (Å²) in [7, 11) is 0. The number of anilines is 1. The molecule has 0 atom stereocenters. The Kier molecular flexibility index (Phi) is 4.92. The summed E-state index contributed by atoms with van der Waals surface area (Å²) in [4.78, 5) is 19.4. The summed E-state index contributed by atoms with van der Waals surface area (Å²) in [6.07, 6.45) is 3.47. The molecule has 1 fully saturated rings. The molecule has 1 aromatic carbocycles. The maximum atomic E-state index is 14.2. The Morgan fingerprint density at radius 1 is 1.14 bits per heavy atom. The normalized spacial score (nSPS) is 19.2. The molecular formula is C18H16F2N4O5. The van der Waals surface area contributed by atoms with Crippen LogP contribution in [0, 0.1) is 11.8 Å². The van der Waals surface area contributed by atoms with Gasteiger partial charge in [0.25, 0.3) is 5.91 Å². The second-order valence-electron chi connectivity index (χ2n) is 6.26. The minimum absolute atomic E-state index is 0.312. The second-order valence-corrected chi connectivity index (χ2v) is 6.26. The smallest absolute Gasteiger partial charge is 0.269 e. The van der Waals surface area contributed by atoms with Crippen LogP contribution in [-0.4, -0.2) is 48.7 Å². The molecule has 29 heavy (non-hydrogen) atoms. The Bertz CT molecular complexity index is 1010. The molecule has 1 amide bonds. The van der Waals surface area contributed by atoms with Gasteiger partial charge in [-0.05, 0) is 18.2 Å². The van der Waals surface area contributed by atoms with Crippen molar-refractivity contribution in [2.45, 2.75) is 17.0 Å². The lowest BCUT2D eigenvalue weighted by atomic mass is 9.92. The Labute approximate surface area is 162 Å². The molecule has 7 N–H and O–H groups in total. The summed E-state index contributed by atoms with van der Waals surface area (Å²) in [5.74, 6) is -10.6. The van der Waals surface area contributed by atoms with Gasteiger partial charge in [-0.25, -0.2) is 9.37 Å². The van der Waals surface area contributed by atoms with Crippen molar-refractivity contribution < 1.29 is 34.0 Å². The van der Waals surface area contributed by atoms with Crippen LogP contribution >= 0.6 is 0 Å². The molecule has 11 heteroatoms. The largest absolute Gasteiger partial charge is 0.384 e. The number of aromatic nitrogens is 1. The third-order valence-corrected chi connectivity index (χ3v) is 4.53. The number of carbonyl (C=O) groups excluding carboxylic acids is 1. The first-order valence-electron chi connectivity index (χ1n) is 8.13. The van der Waals surface area contributed by atoms with E-state index < -0.39 is 46.1 Å². The number of halogens is 2. The molecule has 0 saturated heterocycles. The first-order valence-corrected chi connectivity index (χ1v) is 8.13. The van der Waals surface area contributed by atoms with E-state index in [1.165, 1.54) is 30.6 Å². The molecule has 1 heterocycles. The van der Waals surface area contributed by atoms with E-state index in [1.54, 1.807) is 0 Å². The van der Waals surface area contributed by atoms with Crippen LogP contribution in [0.25, 0.3) is 0 Å². The number of nitrogens with two attached hydrogens (primary N) is 1. The van der Waals surface area contributed by atoms with E-state index in [0.29, 0.717) is 5.69 Å². The summed E-state index contributed by atoms with van der Waals surface area (Å²) < 4.78 is 27.2. The number of rotatable bonds is 5. The highest BCUT2D eigenvalue weighted by molar-refractivity contribution is 6.06. The zero-order valence-electron chi connectivity index (χ0n) is 14.6. The fourth-order valence-corrected chi connectivity index (χ4v) is 3.01. The third kappa shape index (κ3) is 3.06. The first kappa shape index (κ1) is 20.5. The molecule has 2 aromatic rings. The molecule has 3 rings (SSSR count). The van der Waals surface area contributed by atoms with E-state index in [9.17, 15) is 34.0 Å². The van der Waals surface area contributed by atoms with Crippen molar-refractivity contribution in [3.63, 3.8) is 0 Å². The summed E-state index contributed by atoms with van der Waals surface area (Å²) in [6.45, 7) is 0. The van der Waals surface area contributed by atoms with Crippen LogP contribution in [0.15, 0.2) is 59.9 Å². The van der Waals surface area contributed by atoms with Crippen LogP contribution in [0.2, 0.25) is 0 Å². The molecule has 9 nitrogen and oxygen atoms in total. The van der Waals surface area contributed by atoms with E-state index in [0.717, 1.165) is 24.3 Å². The molecule has 152 valence electrons. The lowest BCUT2D eigenvalue weighted by molar-refractivity contribution is -0.207. The quantitative estimate of drug-likeness (QED) is 0.167. The average molecular weight is 406 g/mol. The number of nitrogens with one attached hydrogen (secondary N) is 1. The molecule has 1 aliphatic rings. The molecule has 1 saturated carbocycles. The van der Waals surface area contributed by atoms with E-state index in [1.807, 2.05) is 0 Å². The molecule has 1 aliphatic carbocycles. The average Bonchev–Trinajstić information content (AvgIpc) is 3.00. The number of hydrogen-bond acceptors (Lipinski definition) is 7. The summed E-state index contributed by atoms with van der Waals surface area (Å²) in [5, 5.41) is 42.5. The molecule has 1 aromatic heterocycles. The number of nitrogens with zero attached hydrogens (tertiary/aromatic N) is 2. The van der Waals surface area contributed by atoms with Crippen molar-refractivity contribution in [1.29, 1.82) is 0 Å². The summed E-state index contributed by atoms with van der Waals surface area (Å²) in [6, 6.07) is 6.95. The number of aliphatic imine (C=N–C) groups is 1. The van der Waals surface area contributed by atoms with Gasteiger partial charge in [0, 0.05) is 29.7 Å². The van der Waals surface area contributed by atoms with Gasteiger partial charge in [-0.2, -0.15) is 9.38 Å². The number of hydrogen-bond donors (Lipinski definition) is 6. The van der Waals surface area contributed by atoms with Gasteiger partial charge >= 0.3 is 0 Å². The molecule has 0 spiro atoms. The molecule has 0 radical (unpaired) electrons. The number of amidine groups is 1. The fourth-order valence-electron chi connectivity index (χ4n) is 3.01. The van der Waals surface area contributed by atoms with Crippen LogP contribution in [0.4, 0.5) is 14.5 Å². The van der Waals surface area contributed by atoms with Gasteiger partial charge in [0.2, 0.25) is 17.5 Å². The predicted molar refractivity (Wildman–Crippen MR) is 96.0 cm³/mol. The Hall–Kier alpha value is -3.25. The number of aliphatic hydroxyl groups is 4. The second kappa shape index (κ2) is 6.97. The highest BCUT2D eigenvalue weighted by Gasteiger charge is 2.94.